The summed E-state index contributed by atoms with van der Waals surface area (Å²) in [6.07, 6.45) is 6.82. The molecule has 1 unspecified atom stereocenters. The molecule has 0 spiro atoms. The summed E-state index contributed by atoms with van der Waals surface area (Å²) in [7, 11) is 0. The highest BCUT2D eigenvalue weighted by Crippen LogP contribution is 2.25. The fraction of sp³-hybridized carbons (Fsp3) is 0.214. The van der Waals surface area contributed by atoms with E-state index in [4.69, 9.17) is 23.2 Å². The van der Waals surface area contributed by atoms with Crippen molar-refractivity contribution in [2.45, 2.75) is 19.9 Å². The summed E-state index contributed by atoms with van der Waals surface area (Å²) < 4.78 is 0. The maximum atomic E-state index is 11.6. The monoisotopic (exact) mass is 283 g/mol. The van der Waals surface area contributed by atoms with Gasteiger partial charge in [0.1, 0.15) is 0 Å². The molecule has 1 aromatic rings. The molecule has 0 aromatic heterocycles. The number of rotatable bonds is 4. The van der Waals surface area contributed by atoms with Crippen molar-refractivity contribution in [3.8, 4) is 0 Å². The molecule has 2 nitrogen and oxygen atoms in total. The van der Waals surface area contributed by atoms with Crippen LogP contribution in [0, 0.1) is 0 Å². The first kappa shape index (κ1) is 14.8. The molecule has 18 heavy (non-hydrogen) atoms. The minimum absolute atomic E-state index is 0.123. The van der Waals surface area contributed by atoms with Crippen molar-refractivity contribution in [1.82, 2.24) is 5.32 Å². The number of carbonyl (C=O) groups excluding carboxylic acids is 1. The second kappa shape index (κ2) is 7.24. The van der Waals surface area contributed by atoms with E-state index < -0.39 is 0 Å². The lowest BCUT2D eigenvalue weighted by Crippen LogP contribution is -2.24. The molecule has 1 N–H and O–H groups in total. The Morgan fingerprint density at radius 1 is 1.28 bits per heavy atom. The van der Waals surface area contributed by atoms with Gasteiger partial charge >= 0.3 is 0 Å². The Bertz CT molecular complexity index is 481. The minimum Gasteiger partial charge on any atom is -0.346 e. The van der Waals surface area contributed by atoms with Crippen molar-refractivity contribution in [2.75, 3.05) is 0 Å². The molecule has 0 aliphatic rings. The SMILES string of the molecule is C/C=C/C=C/C(=O)NC(C)c1ccc(Cl)c(Cl)c1. The summed E-state index contributed by atoms with van der Waals surface area (Å²) in [4.78, 5) is 11.6. The molecule has 0 aliphatic carbocycles. The Balaban J connectivity index is 2.67. The van der Waals surface area contributed by atoms with Gasteiger partial charge < -0.3 is 5.32 Å². The van der Waals surface area contributed by atoms with Gasteiger partial charge in [-0.3, -0.25) is 4.79 Å². The maximum absolute atomic E-state index is 11.6. The van der Waals surface area contributed by atoms with E-state index in [2.05, 4.69) is 5.32 Å². The zero-order valence-corrected chi connectivity index (χ0v) is 11.8. The molecule has 0 bridgehead atoms. The van der Waals surface area contributed by atoms with Crippen molar-refractivity contribution < 1.29 is 4.79 Å². The predicted octanol–water partition coefficient (Wildman–Crippen LogP) is 4.30. The first-order chi connectivity index (χ1) is 8.54. The van der Waals surface area contributed by atoms with E-state index in [0.717, 1.165) is 5.56 Å². The summed E-state index contributed by atoms with van der Waals surface area (Å²) >= 11 is 11.8. The average molecular weight is 284 g/mol. The Labute approximate surface area is 117 Å². The van der Waals surface area contributed by atoms with Gasteiger partial charge in [0, 0.05) is 6.08 Å². The highest BCUT2D eigenvalue weighted by Gasteiger charge is 2.09. The standard InChI is InChI=1S/C14H15Cl2NO/c1-3-4-5-6-14(18)17-10(2)11-7-8-12(15)13(16)9-11/h3-10H,1-2H3,(H,17,18)/b4-3+,6-5+. The molecule has 0 heterocycles. The molecule has 0 radical (unpaired) electrons. The lowest BCUT2D eigenvalue weighted by molar-refractivity contribution is -0.117. The first-order valence-electron chi connectivity index (χ1n) is 5.59. The summed E-state index contributed by atoms with van der Waals surface area (Å²) in [5.74, 6) is -0.147. The Kier molecular flexibility index (Phi) is 5.96. The Morgan fingerprint density at radius 3 is 2.61 bits per heavy atom. The molecule has 1 atom stereocenters. The number of hydrogen-bond acceptors (Lipinski definition) is 1. The first-order valence-corrected chi connectivity index (χ1v) is 6.35. The third-order valence-corrected chi connectivity index (χ3v) is 3.09. The van der Waals surface area contributed by atoms with Crippen LogP contribution in [0.4, 0.5) is 0 Å². The zero-order chi connectivity index (χ0) is 13.5. The van der Waals surface area contributed by atoms with Gasteiger partial charge in [0.25, 0.3) is 0 Å². The molecule has 0 aliphatic heterocycles. The van der Waals surface area contributed by atoms with Gasteiger partial charge in [-0.1, -0.05) is 47.5 Å². The summed E-state index contributed by atoms with van der Waals surface area (Å²) in [5, 5.41) is 3.83. The largest absolute Gasteiger partial charge is 0.346 e. The zero-order valence-electron chi connectivity index (χ0n) is 10.3. The van der Waals surface area contributed by atoms with E-state index in [9.17, 15) is 4.79 Å². The lowest BCUT2D eigenvalue weighted by Gasteiger charge is -2.13. The third-order valence-electron chi connectivity index (χ3n) is 2.35. The van der Waals surface area contributed by atoms with Crippen LogP contribution in [0.25, 0.3) is 0 Å². The van der Waals surface area contributed by atoms with E-state index >= 15 is 0 Å². The molecular weight excluding hydrogens is 269 g/mol. The van der Waals surface area contributed by atoms with Crippen molar-refractivity contribution in [1.29, 1.82) is 0 Å². The number of hydrogen-bond donors (Lipinski definition) is 1. The minimum atomic E-state index is -0.147. The van der Waals surface area contributed by atoms with Crippen LogP contribution >= 0.6 is 23.2 Å². The van der Waals surface area contributed by atoms with Crippen LogP contribution in [0.1, 0.15) is 25.5 Å². The van der Waals surface area contributed by atoms with Crippen molar-refractivity contribution in [3.63, 3.8) is 0 Å². The van der Waals surface area contributed by atoms with Crippen LogP contribution in [-0.4, -0.2) is 5.91 Å². The van der Waals surface area contributed by atoms with Gasteiger partial charge in [-0.05, 0) is 31.5 Å². The summed E-state index contributed by atoms with van der Waals surface area (Å²) in [6, 6.07) is 5.19. The van der Waals surface area contributed by atoms with E-state index in [0.29, 0.717) is 10.0 Å². The van der Waals surface area contributed by atoms with Crippen molar-refractivity contribution in [3.05, 3.63) is 58.1 Å². The van der Waals surface area contributed by atoms with Crippen LogP contribution in [0.2, 0.25) is 10.0 Å². The summed E-state index contributed by atoms with van der Waals surface area (Å²) in [6.45, 7) is 3.78. The van der Waals surface area contributed by atoms with E-state index in [-0.39, 0.29) is 11.9 Å². The van der Waals surface area contributed by atoms with Crippen molar-refractivity contribution >= 4 is 29.1 Å². The normalized spacial score (nSPS) is 13.1. The molecule has 4 heteroatoms. The van der Waals surface area contributed by atoms with Crippen LogP contribution < -0.4 is 5.32 Å². The lowest BCUT2D eigenvalue weighted by atomic mass is 10.1. The molecule has 0 saturated heterocycles. The molecule has 1 amide bonds. The average Bonchev–Trinajstić information content (AvgIpc) is 2.33. The molecule has 0 saturated carbocycles. The topological polar surface area (TPSA) is 29.1 Å². The van der Waals surface area contributed by atoms with Crippen molar-refractivity contribution in [2.24, 2.45) is 0 Å². The summed E-state index contributed by atoms with van der Waals surface area (Å²) in [5.41, 5.74) is 0.914. The maximum Gasteiger partial charge on any atom is 0.244 e. The smallest absolute Gasteiger partial charge is 0.244 e. The number of benzene rings is 1. The van der Waals surface area contributed by atoms with E-state index in [1.807, 2.05) is 26.0 Å². The number of amides is 1. The Morgan fingerprint density at radius 2 is 2.00 bits per heavy atom. The van der Waals surface area contributed by atoms with E-state index in [1.165, 1.54) is 6.08 Å². The fourth-order valence-electron chi connectivity index (χ4n) is 1.38. The molecule has 96 valence electrons. The van der Waals surface area contributed by atoms with Gasteiger partial charge in [0.15, 0.2) is 0 Å². The fourth-order valence-corrected chi connectivity index (χ4v) is 1.69. The highest BCUT2D eigenvalue weighted by atomic mass is 35.5. The number of carbonyl (C=O) groups is 1. The van der Waals surface area contributed by atoms with Gasteiger partial charge in [-0.25, -0.2) is 0 Å². The molecule has 1 rings (SSSR count). The highest BCUT2D eigenvalue weighted by molar-refractivity contribution is 6.42. The van der Waals surface area contributed by atoms with Crippen LogP contribution in [0.15, 0.2) is 42.5 Å². The number of allylic oxidation sites excluding steroid dienone is 3. The number of nitrogens with one attached hydrogen (secondary N) is 1. The number of halogens is 2. The van der Waals surface area contributed by atoms with Crippen LogP contribution in [0.3, 0.4) is 0 Å². The quantitative estimate of drug-likeness (QED) is 0.648. The van der Waals surface area contributed by atoms with Gasteiger partial charge in [0.05, 0.1) is 16.1 Å². The molecular formula is C14H15Cl2NO. The third kappa shape index (κ3) is 4.55. The van der Waals surface area contributed by atoms with Gasteiger partial charge in [-0.15, -0.1) is 0 Å². The second-order valence-electron chi connectivity index (χ2n) is 3.79. The van der Waals surface area contributed by atoms with E-state index in [1.54, 1.807) is 24.3 Å². The predicted molar refractivity (Wildman–Crippen MR) is 77.0 cm³/mol. The molecule has 1 aromatic carbocycles. The van der Waals surface area contributed by atoms with Crippen LogP contribution in [-0.2, 0) is 4.79 Å². The molecule has 0 fully saturated rings. The van der Waals surface area contributed by atoms with Gasteiger partial charge in [-0.2, -0.15) is 0 Å². The Hall–Kier alpha value is -1.25. The van der Waals surface area contributed by atoms with Gasteiger partial charge in [0.2, 0.25) is 5.91 Å². The second-order valence-corrected chi connectivity index (χ2v) is 4.60. The van der Waals surface area contributed by atoms with Crippen LogP contribution in [0.5, 0.6) is 0 Å².